The molecule has 1 atom stereocenters. The molecule has 0 aromatic heterocycles. The van der Waals surface area contributed by atoms with E-state index in [4.69, 9.17) is 5.73 Å². The van der Waals surface area contributed by atoms with Gasteiger partial charge < -0.3 is 5.73 Å². The molecule has 0 spiro atoms. The molecule has 20 heavy (non-hydrogen) atoms. The zero-order valence-corrected chi connectivity index (χ0v) is 12.7. The monoisotopic (exact) mass is 283 g/mol. The highest BCUT2D eigenvalue weighted by Gasteiger charge is 2.19. The zero-order chi connectivity index (χ0) is 13.9. The number of fused-ring (bicyclic) bond motifs is 1. The number of benzene rings is 2. The summed E-state index contributed by atoms with van der Waals surface area (Å²) in [5, 5.41) is 0. The highest BCUT2D eigenvalue weighted by molar-refractivity contribution is 7.99. The van der Waals surface area contributed by atoms with Crippen LogP contribution < -0.4 is 5.73 Å². The number of hydrogen-bond acceptors (Lipinski definition) is 2. The standard InChI is InChI=1S/C18H21NS/c1-13-9-10-18(17(19)11-13)20-12-15-7-4-6-14-5-2-3-8-16(14)15/h2-3,5,8-11,15H,4,6-7,12,19H2,1H3. The maximum Gasteiger partial charge on any atom is 0.0454 e. The molecular formula is C18H21NS. The quantitative estimate of drug-likeness (QED) is 0.647. The highest BCUT2D eigenvalue weighted by Crippen LogP contribution is 2.37. The summed E-state index contributed by atoms with van der Waals surface area (Å²) < 4.78 is 0. The Bertz CT molecular complexity index is 606. The molecule has 0 saturated carbocycles. The van der Waals surface area contributed by atoms with Crippen LogP contribution in [0.5, 0.6) is 0 Å². The van der Waals surface area contributed by atoms with E-state index < -0.39 is 0 Å². The molecule has 2 heteroatoms. The minimum Gasteiger partial charge on any atom is -0.398 e. The molecular weight excluding hydrogens is 262 g/mol. The average Bonchev–Trinajstić information content (AvgIpc) is 2.46. The van der Waals surface area contributed by atoms with Gasteiger partial charge in [0, 0.05) is 16.3 Å². The van der Waals surface area contributed by atoms with Crippen LogP contribution in [0.25, 0.3) is 0 Å². The summed E-state index contributed by atoms with van der Waals surface area (Å²) in [7, 11) is 0. The second-order valence-corrected chi connectivity index (χ2v) is 6.70. The van der Waals surface area contributed by atoms with Gasteiger partial charge >= 0.3 is 0 Å². The van der Waals surface area contributed by atoms with E-state index in [1.165, 1.54) is 29.7 Å². The number of aryl methyl sites for hydroxylation is 2. The van der Waals surface area contributed by atoms with Crippen molar-refractivity contribution in [2.24, 2.45) is 0 Å². The van der Waals surface area contributed by atoms with Crippen LogP contribution in [0.2, 0.25) is 0 Å². The van der Waals surface area contributed by atoms with Crippen molar-refractivity contribution in [3.63, 3.8) is 0 Å². The van der Waals surface area contributed by atoms with Crippen LogP contribution in [0, 0.1) is 6.92 Å². The Kier molecular flexibility index (Phi) is 4.02. The minimum atomic E-state index is 0.672. The first-order valence-electron chi connectivity index (χ1n) is 7.31. The van der Waals surface area contributed by atoms with Crippen molar-refractivity contribution in [3.05, 3.63) is 59.2 Å². The first-order valence-corrected chi connectivity index (χ1v) is 8.29. The summed E-state index contributed by atoms with van der Waals surface area (Å²) >= 11 is 1.90. The van der Waals surface area contributed by atoms with Gasteiger partial charge in [0.15, 0.2) is 0 Å². The van der Waals surface area contributed by atoms with Crippen molar-refractivity contribution >= 4 is 17.4 Å². The van der Waals surface area contributed by atoms with Gasteiger partial charge in [-0.3, -0.25) is 0 Å². The Balaban J connectivity index is 1.73. The first-order chi connectivity index (χ1) is 9.74. The van der Waals surface area contributed by atoms with Crippen LogP contribution in [-0.2, 0) is 6.42 Å². The fourth-order valence-corrected chi connectivity index (χ4v) is 4.13. The largest absolute Gasteiger partial charge is 0.398 e. The number of thioether (sulfide) groups is 1. The molecule has 1 nitrogen and oxygen atoms in total. The van der Waals surface area contributed by atoms with E-state index in [0.29, 0.717) is 5.92 Å². The molecule has 1 aliphatic rings. The van der Waals surface area contributed by atoms with Crippen molar-refractivity contribution in [1.29, 1.82) is 0 Å². The van der Waals surface area contributed by atoms with Crippen molar-refractivity contribution < 1.29 is 0 Å². The molecule has 2 aromatic carbocycles. The number of nitrogens with two attached hydrogens (primary N) is 1. The van der Waals surface area contributed by atoms with E-state index >= 15 is 0 Å². The molecule has 0 fully saturated rings. The van der Waals surface area contributed by atoms with Crippen molar-refractivity contribution in [1.82, 2.24) is 0 Å². The predicted octanol–water partition coefficient (Wildman–Crippen LogP) is 4.79. The lowest BCUT2D eigenvalue weighted by Crippen LogP contribution is -2.11. The summed E-state index contributed by atoms with van der Waals surface area (Å²) in [4.78, 5) is 1.22. The fraction of sp³-hybridized carbons (Fsp3) is 0.333. The lowest BCUT2D eigenvalue weighted by atomic mass is 9.84. The molecule has 104 valence electrons. The molecule has 0 radical (unpaired) electrons. The Morgan fingerprint density at radius 2 is 2.05 bits per heavy atom. The minimum absolute atomic E-state index is 0.672. The van der Waals surface area contributed by atoms with E-state index in [1.54, 1.807) is 11.1 Å². The summed E-state index contributed by atoms with van der Waals surface area (Å²) in [5.41, 5.74) is 11.4. The van der Waals surface area contributed by atoms with Gasteiger partial charge in [-0.25, -0.2) is 0 Å². The number of nitrogen functional groups attached to an aromatic ring is 1. The van der Waals surface area contributed by atoms with Gasteiger partial charge in [-0.1, -0.05) is 30.3 Å². The lowest BCUT2D eigenvalue weighted by molar-refractivity contribution is 0.596. The normalized spacial score (nSPS) is 17.8. The second-order valence-electron chi connectivity index (χ2n) is 5.64. The van der Waals surface area contributed by atoms with E-state index in [1.807, 2.05) is 11.8 Å². The summed E-state index contributed by atoms with van der Waals surface area (Å²) in [6, 6.07) is 15.3. The Morgan fingerprint density at radius 1 is 1.20 bits per heavy atom. The van der Waals surface area contributed by atoms with Crippen LogP contribution in [0.1, 0.15) is 35.4 Å². The number of anilines is 1. The fourth-order valence-electron chi connectivity index (χ4n) is 3.02. The van der Waals surface area contributed by atoms with Gasteiger partial charge in [0.2, 0.25) is 0 Å². The van der Waals surface area contributed by atoms with Crippen LogP contribution in [-0.4, -0.2) is 5.75 Å². The third-order valence-corrected chi connectivity index (χ3v) is 5.35. The molecule has 0 bridgehead atoms. The van der Waals surface area contributed by atoms with Crippen LogP contribution in [0.4, 0.5) is 5.69 Å². The van der Waals surface area contributed by atoms with Gasteiger partial charge in [0.05, 0.1) is 0 Å². The SMILES string of the molecule is Cc1ccc(SCC2CCCc3ccccc32)c(N)c1. The molecule has 0 aliphatic heterocycles. The third kappa shape index (κ3) is 2.85. The third-order valence-electron chi connectivity index (χ3n) is 4.10. The van der Waals surface area contributed by atoms with E-state index in [2.05, 4.69) is 49.4 Å². The average molecular weight is 283 g/mol. The van der Waals surface area contributed by atoms with Crippen molar-refractivity contribution in [2.75, 3.05) is 11.5 Å². The smallest absolute Gasteiger partial charge is 0.0454 e. The van der Waals surface area contributed by atoms with Gasteiger partial charge in [-0.15, -0.1) is 11.8 Å². The van der Waals surface area contributed by atoms with Crippen LogP contribution in [0.15, 0.2) is 47.4 Å². The van der Waals surface area contributed by atoms with E-state index in [-0.39, 0.29) is 0 Å². The molecule has 2 N–H and O–H groups in total. The Morgan fingerprint density at radius 3 is 2.90 bits per heavy atom. The van der Waals surface area contributed by atoms with Crippen LogP contribution in [0.3, 0.4) is 0 Å². The summed E-state index contributed by atoms with van der Waals surface area (Å²) in [5.74, 6) is 1.80. The van der Waals surface area contributed by atoms with Crippen LogP contribution >= 0.6 is 11.8 Å². The molecule has 2 aromatic rings. The molecule has 1 unspecified atom stereocenters. The highest BCUT2D eigenvalue weighted by atomic mass is 32.2. The molecule has 0 amide bonds. The zero-order valence-electron chi connectivity index (χ0n) is 11.9. The Hall–Kier alpha value is -1.41. The van der Waals surface area contributed by atoms with Gasteiger partial charge in [-0.2, -0.15) is 0 Å². The van der Waals surface area contributed by atoms with Gasteiger partial charge in [0.1, 0.15) is 0 Å². The molecule has 3 rings (SSSR count). The predicted molar refractivity (Wildman–Crippen MR) is 88.4 cm³/mol. The topological polar surface area (TPSA) is 26.0 Å². The van der Waals surface area contributed by atoms with Gasteiger partial charge in [0.25, 0.3) is 0 Å². The van der Waals surface area contributed by atoms with E-state index in [0.717, 1.165) is 11.4 Å². The summed E-state index contributed by atoms with van der Waals surface area (Å²) in [6.45, 7) is 2.09. The summed E-state index contributed by atoms with van der Waals surface area (Å²) in [6.07, 6.45) is 3.85. The molecule has 1 aliphatic carbocycles. The number of hydrogen-bond donors (Lipinski definition) is 1. The van der Waals surface area contributed by atoms with Gasteiger partial charge in [-0.05, 0) is 60.9 Å². The maximum atomic E-state index is 6.11. The second kappa shape index (κ2) is 5.92. The molecule has 0 saturated heterocycles. The first kappa shape index (κ1) is 13.6. The molecule has 0 heterocycles. The lowest BCUT2D eigenvalue weighted by Gasteiger charge is -2.25. The van der Waals surface area contributed by atoms with Crippen molar-refractivity contribution in [2.45, 2.75) is 37.0 Å². The van der Waals surface area contributed by atoms with Crippen molar-refractivity contribution in [3.8, 4) is 0 Å². The van der Waals surface area contributed by atoms with E-state index in [9.17, 15) is 0 Å². The maximum absolute atomic E-state index is 6.11. The number of rotatable bonds is 3. The Labute approximate surface area is 125 Å².